The number of aliphatic hydroxyl groups excluding tert-OH is 1. The molecule has 1 unspecified atom stereocenters. The zero-order valence-electron chi connectivity index (χ0n) is 10.5. The van der Waals surface area contributed by atoms with E-state index >= 15 is 0 Å². The van der Waals surface area contributed by atoms with Gasteiger partial charge in [-0.1, -0.05) is 17.7 Å². The first-order valence-corrected chi connectivity index (χ1v) is 5.51. The number of nitrogens with zero attached hydrogens (tertiary/aromatic N) is 1. The molecule has 2 heteroatoms. The second kappa shape index (κ2) is 4.67. The van der Waals surface area contributed by atoms with Crippen molar-refractivity contribution in [2.75, 3.05) is 6.61 Å². The fraction of sp³-hybridized carbons (Fsp3) is 0.500. The van der Waals surface area contributed by atoms with Crippen LogP contribution in [-0.2, 0) is 6.42 Å². The fourth-order valence-electron chi connectivity index (χ4n) is 2.01. The molecule has 0 bridgehead atoms. The van der Waals surface area contributed by atoms with E-state index in [4.69, 9.17) is 5.26 Å². The highest BCUT2D eigenvalue weighted by molar-refractivity contribution is 5.38. The average molecular weight is 217 g/mol. The number of aliphatic hydroxyl groups is 1. The zero-order chi connectivity index (χ0) is 12.3. The van der Waals surface area contributed by atoms with E-state index in [0.717, 1.165) is 0 Å². The van der Waals surface area contributed by atoms with Crippen LogP contribution in [0.5, 0.6) is 0 Å². The molecule has 2 nitrogen and oxygen atoms in total. The lowest BCUT2D eigenvalue weighted by atomic mass is 9.82. The van der Waals surface area contributed by atoms with Crippen LogP contribution in [0, 0.1) is 37.5 Å². The molecule has 0 saturated heterocycles. The molecule has 1 aromatic carbocycles. The van der Waals surface area contributed by atoms with Crippen LogP contribution in [0.25, 0.3) is 0 Å². The Kier molecular flexibility index (Phi) is 3.72. The number of hydrogen-bond donors (Lipinski definition) is 1. The lowest BCUT2D eigenvalue weighted by Crippen LogP contribution is -2.23. The molecule has 16 heavy (non-hydrogen) atoms. The summed E-state index contributed by atoms with van der Waals surface area (Å²) in [5.74, 6) is 0. The lowest BCUT2D eigenvalue weighted by Gasteiger charge is -2.21. The minimum Gasteiger partial charge on any atom is -0.395 e. The monoisotopic (exact) mass is 217 g/mol. The quantitative estimate of drug-likeness (QED) is 0.846. The van der Waals surface area contributed by atoms with Gasteiger partial charge >= 0.3 is 0 Å². The van der Waals surface area contributed by atoms with E-state index in [1.165, 1.54) is 22.3 Å². The molecule has 0 saturated carbocycles. The van der Waals surface area contributed by atoms with Crippen LogP contribution in [-0.4, -0.2) is 11.7 Å². The summed E-state index contributed by atoms with van der Waals surface area (Å²) in [7, 11) is 0. The van der Waals surface area contributed by atoms with Crippen molar-refractivity contribution in [3.8, 4) is 6.07 Å². The topological polar surface area (TPSA) is 44.0 Å². The highest BCUT2D eigenvalue weighted by atomic mass is 16.3. The molecule has 1 aromatic rings. The van der Waals surface area contributed by atoms with Gasteiger partial charge in [0.1, 0.15) is 0 Å². The predicted octanol–water partition coefficient (Wildman–Crippen LogP) is 2.68. The molecule has 1 rings (SSSR count). The number of rotatable bonds is 3. The summed E-state index contributed by atoms with van der Waals surface area (Å²) >= 11 is 0. The molecule has 0 fully saturated rings. The second-order valence-corrected chi connectivity index (χ2v) is 4.88. The summed E-state index contributed by atoms with van der Waals surface area (Å²) in [6, 6.07) is 6.44. The van der Waals surface area contributed by atoms with E-state index in [1.807, 2.05) is 0 Å². The Bertz CT molecular complexity index is 408. The summed E-state index contributed by atoms with van der Waals surface area (Å²) in [6.45, 7) is 7.89. The number of nitriles is 1. The Hall–Kier alpha value is -1.33. The Morgan fingerprint density at radius 2 is 1.75 bits per heavy atom. The molecule has 1 atom stereocenters. The van der Waals surface area contributed by atoms with Gasteiger partial charge in [-0.25, -0.2) is 0 Å². The van der Waals surface area contributed by atoms with Gasteiger partial charge in [-0.2, -0.15) is 5.26 Å². The molecular formula is C14H19NO. The smallest absolute Gasteiger partial charge is 0.0816 e. The summed E-state index contributed by atoms with van der Waals surface area (Å²) in [4.78, 5) is 0. The van der Waals surface area contributed by atoms with Gasteiger partial charge in [0.15, 0.2) is 0 Å². The van der Waals surface area contributed by atoms with Gasteiger partial charge in [-0.3, -0.25) is 0 Å². The molecule has 0 aliphatic rings. The molecule has 0 amide bonds. The molecule has 1 N–H and O–H groups in total. The van der Waals surface area contributed by atoms with Crippen molar-refractivity contribution in [3.05, 3.63) is 34.4 Å². The van der Waals surface area contributed by atoms with Gasteiger partial charge in [-0.15, -0.1) is 0 Å². The molecule has 0 aliphatic heterocycles. The highest BCUT2D eigenvalue weighted by Crippen LogP contribution is 2.26. The van der Waals surface area contributed by atoms with E-state index in [1.54, 1.807) is 6.92 Å². The highest BCUT2D eigenvalue weighted by Gasteiger charge is 2.24. The van der Waals surface area contributed by atoms with E-state index in [2.05, 4.69) is 39.0 Å². The number of hydrogen-bond acceptors (Lipinski definition) is 2. The van der Waals surface area contributed by atoms with Crippen molar-refractivity contribution in [2.24, 2.45) is 5.41 Å². The first-order chi connectivity index (χ1) is 7.41. The van der Waals surface area contributed by atoms with E-state index < -0.39 is 5.41 Å². The van der Waals surface area contributed by atoms with E-state index in [9.17, 15) is 5.11 Å². The summed E-state index contributed by atoms with van der Waals surface area (Å²) in [6.07, 6.45) is 0.609. The molecule has 0 radical (unpaired) electrons. The molecule has 0 aromatic heterocycles. The minimum atomic E-state index is -0.676. The van der Waals surface area contributed by atoms with Gasteiger partial charge in [-0.05, 0) is 50.8 Å². The standard InChI is InChI=1S/C14H19NO/c1-10-5-11(2)13(12(3)6-10)7-14(4,8-15)9-16/h5-6,16H,7,9H2,1-4H3. The van der Waals surface area contributed by atoms with Gasteiger partial charge in [0.25, 0.3) is 0 Å². The van der Waals surface area contributed by atoms with Crippen LogP contribution < -0.4 is 0 Å². The SMILES string of the molecule is Cc1cc(C)c(CC(C)(C#N)CO)c(C)c1. The summed E-state index contributed by atoms with van der Waals surface area (Å²) in [5.41, 5.74) is 4.15. The first-order valence-electron chi connectivity index (χ1n) is 5.51. The molecule has 0 heterocycles. The third-order valence-electron chi connectivity index (χ3n) is 3.03. The van der Waals surface area contributed by atoms with Crippen molar-refractivity contribution in [2.45, 2.75) is 34.1 Å². The average Bonchev–Trinajstić information content (AvgIpc) is 2.23. The number of benzene rings is 1. The maximum atomic E-state index is 9.26. The van der Waals surface area contributed by atoms with Crippen LogP contribution >= 0.6 is 0 Å². The predicted molar refractivity (Wildman–Crippen MR) is 65.2 cm³/mol. The molecule has 0 aliphatic carbocycles. The van der Waals surface area contributed by atoms with Gasteiger partial charge in [0.05, 0.1) is 18.1 Å². The number of aryl methyl sites for hydroxylation is 3. The van der Waals surface area contributed by atoms with Crippen LogP contribution in [0.15, 0.2) is 12.1 Å². The Balaban J connectivity index is 3.12. The van der Waals surface area contributed by atoms with Gasteiger partial charge < -0.3 is 5.11 Å². The summed E-state index contributed by atoms with van der Waals surface area (Å²) < 4.78 is 0. The normalized spacial score (nSPS) is 14.2. The minimum absolute atomic E-state index is 0.101. The van der Waals surface area contributed by atoms with Crippen LogP contribution in [0.2, 0.25) is 0 Å². The van der Waals surface area contributed by atoms with Crippen molar-refractivity contribution in [1.29, 1.82) is 5.26 Å². The first kappa shape index (κ1) is 12.7. The van der Waals surface area contributed by atoms with Crippen molar-refractivity contribution >= 4 is 0 Å². The largest absolute Gasteiger partial charge is 0.395 e. The molecule has 0 spiro atoms. The third kappa shape index (κ3) is 2.62. The maximum Gasteiger partial charge on any atom is 0.0816 e. The zero-order valence-corrected chi connectivity index (χ0v) is 10.5. The lowest BCUT2D eigenvalue weighted by molar-refractivity contribution is 0.189. The Morgan fingerprint density at radius 3 is 2.12 bits per heavy atom. The second-order valence-electron chi connectivity index (χ2n) is 4.88. The molecular weight excluding hydrogens is 198 g/mol. The maximum absolute atomic E-state index is 9.26. The van der Waals surface area contributed by atoms with Crippen LogP contribution in [0.1, 0.15) is 29.2 Å². The van der Waals surface area contributed by atoms with Crippen molar-refractivity contribution in [1.82, 2.24) is 0 Å². The van der Waals surface area contributed by atoms with Gasteiger partial charge in [0.2, 0.25) is 0 Å². The van der Waals surface area contributed by atoms with Crippen LogP contribution in [0.3, 0.4) is 0 Å². The Labute approximate surface area is 97.5 Å². The Morgan fingerprint density at radius 1 is 1.25 bits per heavy atom. The molecule has 86 valence electrons. The van der Waals surface area contributed by atoms with Gasteiger partial charge in [0, 0.05) is 0 Å². The van der Waals surface area contributed by atoms with Crippen LogP contribution in [0.4, 0.5) is 0 Å². The van der Waals surface area contributed by atoms with Crippen molar-refractivity contribution < 1.29 is 5.11 Å². The van der Waals surface area contributed by atoms with E-state index in [0.29, 0.717) is 6.42 Å². The van der Waals surface area contributed by atoms with E-state index in [-0.39, 0.29) is 6.61 Å². The van der Waals surface area contributed by atoms with Crippen molar-refractivity contribution in [3.63, 3.8) is 0 Å². The third-order valence-corrected chi connectivity index (χ3v) is 3.03. The summed E-state index contributed by atoms with van der Waals surface area (Å²) in [5, 5.41) is 18.3. The fourth-order valence-corrected chi connectivity index (χ4v) is 2.01.